The zero-order valence-electron chi connectivity index (χ0n) is 31.9. The van der Waals surface area contributed by atoms with Crippen LogP contribution in [0.2, 0.25) is 0 Å². The van der Waals surface area contributed by atoms with Crippen molar-refractivity contribution < 1.29 is 43.0 Å². The van der Waals surface area contributed by atoms with Crippen molar-refractivity contribution in [1.82, 2.24) is 19.9 Å². The second kappa shape index (κ2) is 14.8. The van der Waals surface area contributed by atoms with Gasteiger partial charge in [0.05, 0.1) is 51.8 Å². The maximum absolute atomic E-state index is 17.3. The maximum atomic E-state index is 17.3. The average molecular weight is 764 g/mol. The predicted molar refractivity (Wildman–Crippen MR) is 203 cm³/mol. The third kappa shape index (κ3) is 7.16. The van der Waals surface area contributed by atoms with Gasteiger partial charge in [-0.2, -0.15) is 9.97 Å². The molecular formula is C41H51F2N5O7. The second-order valence-corrected chi connectivity index (χ2v) is 16.4. The molecule has 1 aliphatic carbocycles. The molecule has 4 aromatic rings. The summed E-state index contributed by atoms with van der Waals surface area (Å²) < 4.78 is 57.0. The van der Waals surface area contributed by atoms with E-state index < -0.39 is 23.3 Å². The van der Waals surface area contributed by atoms with Crippen molar-refractivity contribution in [2.75, 3.05) is 51.5 Å². The number of anilines is 1. The van der Waals surface area contributed by atoms with Crippen LogP contribution in [0, 0.1) is 17.0 Å². The van der Waals surface area contributed by atoms with E-state index in [0.29, 0.717) is 24.1 Å². The van der Waals surface area contributed by atoms with Gasteiger partial charge in [0.25, 0.3) is 0 Å². The van der Waals surface area contributed by atoms with E-state index >= 15 is 8.78 Å². The van der Waals surface area contributed by atoms with Crippen molar-refractivity contribution in [3.8, 4) is 28.9 Å². The topological polar surface area (TPSA) is 143 Å². The number of β-amino-alcohol motifs (C(OH)–C–C–N with tert-alkyl or cyclic N) is 1. The summed E-state index contributed by atoms with van der Waals surface area (Å²) in [6.07, 6.45) is 6.83. The first-order chi connectivity index (χ1) is 26.4. The molecule has 6 atom stereocenters. The standard InChI is InChI=1S/C41H51F2N5O7/c1-23-14-26(15-24(2)55-23)48-13-7-12-41(11-6-10-31(41)48)22-54-39-45-36-33(37(46-39)47-18-28(19-49)53-21-40(3,51)20-47)38(52-4)44-35(34(36)43)29-17-27(50)16-25-8-5-9-30(42)32(25)29/h5,8-9,16-17,23-24,26,28,31,49-51H,6-7,10-15,18-22H2,1-4H3. The Bertz CT molecular complexity index is 2060. The minimum absolute atomic E-state index is 0.0200. The van der Waals surface area contributed by atoms with Gasteiger partial charge in [0.15, 0.2) is 5.82 Å². The van der Waals surface area contributed by atoms with Crippen LogP contribution in [0.25, 0.3) is 32.9 Å². The van der Waals surface area contributed by atoms with Crippen molar-refractivity contribution in [2.45, 2.75) is 102 Å². The van der Waals surface area contributed by atoms with E-state index in [-0.39, 0.29) is 94.9 Å². The summed E-state index contributed by atoms with van der Waals surface area (Å²) in [7, 11) is 1.38. The highest BCUT2D eigenvalue weighted by atomic mass is 19.1. The summed E-state index contributed by atoms with van der Waals surface area (Å²) in [6, 6.07) is 7.75. The summed E-state index contributed by atoms with van der Waals surface area (Å²) in [5.74, 6) is -1.57. The van der Waals surface area contributed by atoms with Gasteiger partial charge in [-0.05, 0) is 89.4 Å². The molecule has 55 heavy (non-hydrogen) atoms. The number of piperidine rings is 1. The van der Waals surface area contributed by atoms with Crippen LogP contribution < -0.4 is 14.4 Å². The number of aromatic hydroxyl groups is 1. The highest BCUT2D eigenvalue weighted by molar-refractivity contribution is 6.02. The van der Waals surface area contributed by atoms with Gasteiger partial charge in [-0.3, -0.25) is 4.90 Å². The van der Waals surface area contributed by atoms with Crippen LogP contribution in [0.4, 0.5) is 14.6 Å². The Hall–Kier alpha value is -3.95. The number of fused-ring (bicyclic) bond motifs is 3. The van der Waals surface area contributed by atoms with Crippen LogP contribution >= 0.6 is 0 Å². The molecule has 0 bridgehead atoms. The van der Waals surface area contributed by atoms with Gasteiger partial charge < -0.3 is 39.2 Å². The molecule has 4 fully saturated rings. The lowest BCUT2D eigenvalue weighted by Gasteiger charge is -2.51. The highest BCUT2D eigenvalue weighted by Gasteiger charge is 2.51. The molecule has 6 unspecified atom stereocenters. The average Bonchev–Trinajstić information content (AvgIpc) is 3.52. The normalized spacial score (nSPS) is 30.4. The number of pyridine rings is 1. The molecule has 8 rings (SSSR count). The first kappa shape index (κ1) is 37.9. The zero-order chi connectivity index (χ0) is 38.6. The molecule has 296 valence electrons. The van der Waals surface area contributed by atoms with Crippen molar-refractivity contribution in [2.24, 2.45) is 5.41 Å². The number of methoxy groups -OCH3 is 1. The van der Waals surface area contributed by atoms with Crippen molar-refractivity contribution >= 4 is 27.5 Å². The molecule has 12 nitrogen and oxygen atoms in total. The Labute approximate surface area is 319 Å². The van der Waals surface area contributed by atoms with Crippen LogP contribution in [0.15, 0.2) is 30.3 Å². The summed E-state index contributed by atoms with van der Waals surface area (Å²) >= 11 is 0. The molecule has 3 saturated heterocycles. The first-order valence-electron chi connectivity index (χ1n) is 19.5. The van der Waals surface area contributed by atoms with Gasteiger partial charge in [0, 0.05) is 35.0 Å². The second-order valence-electron chi connectivity index (χ2n) is 16.4. The third-order valence-electron chi connectivity index (χ3n) is 12.1. The number of phenolic OH excluding ortho intramolecular Hbond substituents is 1. The highest BCUT2D eigenvalue weighted by Crippen LogP contribution is 2.50. The molecule has 14 heteroatoms. The largest absolute Gasteiger partial charge is 0.508 e. The molecule has 5 heterocycles. The molecule has 3 N–H and O–H groups in total. The smallest absolute Gasteiger partial charge is 0.319 e. The number of nitrogens with zero attached hydrogens (tertiary/aromatic N) is 5. The lowest BCUT2D eigenvalue weighted by Crippen LogP contribution is -2.57. The SMILES string of the molecule is COc1nc(-c2cc(O)cc3cccc(F)c23)c(F)c2nc(OCC34CCCC3N(C3CC(C)OC(C)C3)CCC4)nc(N3CC(CO)OCC(C)(O)C3)c12. The number of phenols is 1. The monoisotopic (exact) mass is 763 g/mol. The van der Waals surface area contributed by atoms with Gasteiger partial charge >= 0.3 is 6.01 Å². The summed E-state index contributed by atoms with van der Waals surface area (Å²) in [5, 5.41) is 32.7. The van der Waals surface area contributed by atoms with E-state index in [2.05, 4.69) is 28.7 Å². The molecule has 2 aromatic carbocycles. The summed E-state index contributed by atoms with van der Waals surface area (Å²) in [6.45, 7) is 7.03. The van der Waals surface area contributed by atoms with Gasteiger partial charge in [-0.1, -0.05) is 18.6 Å². The lowest BCUT2D eigenvalue weighted by molar-refractivity contribution is -0.0967. The van der Waals surface area contributed by atoms with Crippen molar-refractivity contribution in [3.05, 3.63) is 42.0 Å². The molecule has 0 amide bonds. The van der Waals surface area contributed by atoms with Crippen LogP contribution in [0.5, 0.6) is 17.6 Å². The third-order valence-corrected chi connectivity index (χ3v) is 12.1. The number of hydrogen-bond donors (Lipinski definition) is 3. The minimum Gasteiger partial charge on any atom is -0.508 e. The fraction of sp³-hybridized carbons (Fsp3) is 0.585. The minimum atomic E-state index is -1.36. The molecule has 3 aliphatic heterocycles. The molecule has 2 aromatic heterocycles. The fourth-order valence-corrected chi connectivity index (χ4v) is 9.89. The predicted octanol–water partition coefficient (Wildman–Crippen LogP) is 5.76. The number of aliphatic hydroxyl groups is 2. The van der Waals surface area contributed by atoms with E-state index in [0.717, 1.165) is 51.5 Å². The lowest BCUT2D eigenvalue weighted by atomic mass is 9.74. The Morgan fingerprint density at radius 3 is 2.58 bits per heavy atom. The molecule has 4 aliphatic rings. The fourth-order valence-electron chi connectivity index (χ4n) is 9.89. The Morgan fingerprint density at radius 2 is 1.82 bits per heavy atom. The maximum Gasteiger partial charge on any atom is 0.319 e. The number of rotatable bonds is 8. The Balaban J connectivity index is 1.25. The van der Waals surface area contributed by atoms with Crippen LogP contribution in [-0.4, -0.2) is 118 Å². The van der Waals surface area contributed by atoms with Gasteiger partial charge in [-0.15, -0.1) is 0 Å². The number of benzene rings is 2. The quantitative estimate of drug-likeness (QED) is 0.201. The number of hydrogen-bond acceptors (Lipinski definition) is 12. The van der Waals surface area contributed by atoms with E-state index in [1.807, 2.05) is 0 Å². The van der Waals surface area contributed by atoms with Gasteiger partial charge in [-0.25, -0.2) is 13.8 Å². The van der Waals surface area contributed by atoms with Crippen LogP contribution in [-0.2, 0) is 9.47 Å². The van der Waals surface area contributed by atoms with Crippen molar-refractivity contribution in [3.63, 3.8) is 0 Å². The Morgan fingerprint density at radius 1 is 1.04 bits per heavy atom. The number of aliphatic hydroxyl groups excluding tert-OH is 1. The van der Waals surface area contributed by atoms with Crippen molar-refractivity contribution in [1.29, 1.82) is 0 Å². The number of halogens is 2. The summed E-state index contributed by atoms with van der Waals surface area (Å²) in [5.41, 5.74) is -1.95. The van der Waals surface area contributed by atoms with Gasteiger partial charge in [0.1, 0.15) is 39.6 Å². The van der Waals surface area contributed by atoms with E-state index in [9.17, 15) is 15.3 Å². The first-order valence-corrected chi connectivity index (χ1v) is 19.5. The van der Waals surface area contributed by atoms with E-state index in [1.54, 1.807) is 17.9 Å². The number of aromatic nitrogens is 3. The molecule has 0 radical (unpaired) electrons. The zero-order valence-corrected chi connectivity index (χ0v) is 31.9. The van der Waals surface area contributed by atoms with Gasteiger partial charge in [0.2, 0.25) is 5.88 Å². The van der Waals surface area contributed by atoms with Crippen LogP contribution in [0.3, 0.4) is 0 Å². The number of ether oxygens (including phenoxy) is 4. The summed E-state index contributed by atoms with van der Waals surface area (Å²) in [4.78, 5) is 18.5. The number of likely N-dealkylation sites (tertiary alicyclic amines) is 1. The molecular weight excluding hydrogens is 712 g/mol. The Kier molecular flexibility index (Phi) is 10.2. The van der Waals surface area contributed by atoms with Crippen LogP contribution in [0.1, 0.15) is 65.7 Å². The molecule has 0 spiro atoms. The van der Waals surface area contributed by atoms with E-state index in [1.165, 1.54) is 31.4 Å². The van der Waals surface area contributed by atoms with E-state index in [4.69, 9.17) is 23.9 Å². The molecule has 1 saturated carbocycles.